The molecule has 1 unspecified atom stereocenters. The van der Waals surface area contributed by atoms with Crippen LogP contribution in [-0.2, 0) is 26.2 Å². The van der Waals surface area contributed by atoms with Crippen molar-refractivity contribution in [1.29, 1.82) is 0 Å². The number of hydrazine groups is 1. The van der Waals surface area contributed by atoms with Gasteiger partial charge >= 0.3 is 11.8 Å². The smallest absolute Gasteiger partial charge is 0.320 e. The number of aromatic nitrogens is 1. The average Bonchev–Trinajstić information content (AvgIpc) is 2.99. The molecular weight excluding hydrogens is 583 g/mol. The van der Waals surface area contributed by atoms with Crippen LogP contribution in [0.25, 0.3) is 0 Å². The molecule has 43 heavy (non-hydrogen) atoms. The number of aryl methyl sites for hydroxylation is 1. The van der Waals surface area contributed by atoms with E-state index in [-0.39, 0.29) is 28.7 Å². The van der Waals surface area contributed by atoms with Crippen molar-refractivity contribution in [2.24, 2.45) is 0 Å². The molecule has 4 N–H and O–H groups in total. The third-order valence-electron chi connectivity index (χ3n) is 7.12. The molecular formula is C30H33F3N5O4S+. The monoisotopic (exact) mass is 616 g/mol. The summed E-state index contributed by atoms with van der Waals surface area (Å²) in [6.07, 6.45) is 11.3. The van der Waals surface area contributed by atoms with Crippen molar-refractivity contribution >= 4 is 38.9 Å². The van der Waals surface area contributed by atoms with Crippen molar-refractivity contribution < 1.29 is 35.7 Å². The lowest BCUT2D eigenvalue weighted by Crippen LogP contribution is -2.44. The molecule has 3 aromatic rings. The number of amides is 2. The van der Waals surface area contributed by atoms with Gasteiger partial charge in [0, 0.05) is 23.5 Å². The number of sulfonamides is 1. The summed E-state index contributed by atoms with van der Waals surface area (Å²) in [5, 5.41) is 2.85. The standard InChI is InChI=1S/C30H32F3N5O4S/c1-20-8-13-26(43(41,42)37-25-11-9-24(10-12-25)35-36-29(40)30(32,33)19-31)21(2)28(20)34-27(39)18-38-16-14-23(15-17-38)22-6-4-3-5-7-22/h3-4,8-17,22,35,37H,5-7,18-19H2,1-2H3,(H-,34,36,39,40)/p+1. The molecule has 0 bridgehead atoms. The van der Waals surface area contributed by atoms with Crippen LogP contribution >= 0.6 is 0 Å². The summed E-state index contributed by atoms with van der Waals surface area (Å²) in [6.45, 7) is 1.27. The molecule has 1 aliphatic carbocycles. The van der Waals surface area contributed by atoms with Crippen LogP contribution in [0.15, 0.2) is 78.0 Å². The molecule has 0 saturated carbocycles. The molecule has 0 spiro atoms. The van der Waals surface area contributed by atoms with Crippen molar-refractivity contribution in [2.45, 2.75) is 56.4 Å². The molecule has 13 heteroatoms. The second kappa shape index (κ2) is 13.3. The van der Waals surface area contributed by atoms with Crippen LogP contribution in [-0.4, -0.2) is 32.8 Å². The molecule has 4 rings (SSSR count). The zero-order chi connectivity index (χ0) is 31.2. The second-order valence-corrected chi connectivity index (χ2v) is 12.0. The third-order valence-corrected chi connectivity index (χ3v) is 8.64. The average molecular weight is 617 g/mol. The van der Waals surface area contributed by atoms with Gasteiger partial charge in [-0.2, -0.15) is 13.3 Å². The number of nitrogens with one attached hydrogen (secondary N) is 4. The Bertz CT molecular complexity index is 1610. The topological polar surface area (TPSA) is 120 Å². The fourth-order valence-electron chi connectivity index (χ4n) is 4.71. The quantitative estimate of drug-likeness (QED) is 0.139. The second-order valence-electron chi connectivity index (χ2n) is 10.3. The van der Waals surface area contributed by atoms with E-state index in [1.165, 1.54) is 35.9 Å². The van der Waals surface area contributed by atoms with Crippen molar-refractivity contribution in [3.05, 3.63) is 89.8 Å². The minimum absolute atomic E-state index is 0.0464. The Kier molecular flexibility index (Phi) is 9.74. The first kappa shape index (κ1) is 31.5. The van der Waals surface area contributed by atoms with E-state index in [0.29, 0.717) is 22.7 Å². The van der Waals surface area contributed by atoms with Crippen molar-refractivity contribution in [3.8, 4) is 0 Å². The maximum absolute atomic E-state index is 13.2. The number of alkyl halides is 3. The molecule has 1 aliphatic rings. The highest BCUT2D eigenvalue weighted by Crippen LogP contribution is 2.30. The van der Waals surface area contributed by atoms with E-state index >= 15 is 0 Å². The largest absolute Gasteiger partial charge is 0.353 e. The number of hydrogen-bond donors (Lipinski definition) is 4. The maximum atomic E-state index is 13.2. The zero-order valence-electron chi connectivity index (χ0n) is 23.7. The predicted octanol–water partition coefficient (Wildman–Crippen LogP) is 4.90. The summed E-state index contributed by atoms with van der Waals surface area (Å²) in [4.78, 5) is 24.2. The first-order valence-electron chi connectivity index (χ1n) is 13.6. The first-order chi connectivity index (χ1) is 20.4. The lowest BCUT2D eigenvalue weighted by molar-refractivity contribution is -0.684. The minimum atomic E-state index is -4.18. The van der Waals surface area contributed by atoms with Gasteiger partial charge in [0.15, 0.2) is 19.1 Å². The molecule has 0 fully saturated rings. The number of pyridine rings is 1. The lowest BCUT2D eigenvalue weighted by atomic mass is 9.88. The highest BCUT2D eigenvalue weighted by atomic mass is 32.2. The Morgan fingerprint density at radius 2 is 1.65 bits per heavy atom. The summed E-state index contributed by atoms with van der Waals surface area (Å²) in [5.41, 5.74) is 6.87. The Labute approximate surface area is 248 Å². The van der Waals surface area contributed by atoms with E-state index in [1.807, 2.05) is 24.5 Å². The molecule has 1 heterocycles. The van der Waals surface area contributed by atoms with Crippen molar-refractivity contribution in [1.82, 2.24) is 5.43 Å². The molecule has 2 amide bonds. The van der Waals surface area contributed by atoms with Gasteiger partial charge in [-0.05, 0) is 86.1 Å². The number of allylic oxidation sites excluding steroid dienone is 2. The first-order valence-corrected chi connectivity index (χ1v) is 15.0. The van der Waals surface area contributed by atoms with Gasteiger partial charge < -0.3 is 5.32 Å². The van der Waals surface area contributed by atoms with Crippen LogP contribution in [0.4, 0.5) is 30.2 Å². The van der Waals surface area contributed by atoms with Crippen LogP contribution in [0.2, 0.25) is 0 Å². The van der Waals surface area contributed by atoms with Gasteiger partial charge in [0.2, 0.25) is 6.54 Å². The molecule has 0 radical (unpaired) electrons. The summed E-state index contributed by atoms with van der Waals surface area (Å²) in [7, 11) is -4.10. The van der Waals surface area contributed by atoms with Crippen LogP contribution in [0.3, 0.4) is 0 Å². The van der Waals surface area contributed by atoms with E-state index in [4.69, 9.17) is 0 Å². The summed E-state index contributed by atoms with van der Waals surface area (Å²) >= 11 is 0. The van der Waals surface area contributed by atoms with Crippen molar-refractivity contribution in [2.75, 3.05) is 22.1 Å². The van der Waals surface area contributed by atoms with Gasteiger partial charge in [-0.15, -0.1) is 0 Å². The molecule has 228 valence electrons. The molecule has 9 nitrogen and oxygen atoms in total. The number of rotatable bonds is 11. The van der Waals surface area contributed by atoms with Gasteiger partial charge in [-0.3, -0.25) is 25.2 Å². The number of halogens is 3. The molecule has 2 aromatic carbocycles. The van der Waals surface area contributed by atoms with Gasteiger partial charge in [0.05, 0.1) is 10.6 Å². The third kappa shape index (κ3) is 7.92. The predicted molar refractivity (Wildman–Crippen MR) is 157 cm³/mol. The normalized spacial score (nSPS) is 15.0. The van der Waals surface area contributed by atoms with E-state index < -0.39 is 28.5 Å². The van der Waals surface area contributed by atoms with Gasteiger partial charge in [0.25, 0.3) is 15.9 Å². The Hall–Kier alpha value is -4.39. The van der Waals surface area contributed by atoms with Gasteiger partial charge in [0.1, 0.15) is 0 Å². The van der Waals surface area contributed by atoms with Crippen molar-refractivity contribution in [3.63, 3.8) is 0 Å². The zero-order valence-corrected chi connectivity index (χ0v) is 24.5. The Morgan fingerprint density at radius 1 is 0.977 bits per heavy atom. The van der Waals surface area contributed by atoms with Gasteiger partial charge in [-0.1, -0.05) is 18.2 Å². The SMILES string of the molecule is Cc1ccc(S(=O)(=O)Nc2ccc(NNC(=O)C(F)(F)CF)cc2)c(C)c1NC(=O)C[n+]1ccc(C2CC=CCC2)cc1. The fraction of sp³-hybridized carbons (Fsp3) is 0.300. The number of carbonyl (C=O) groups is 2. The number of hydrogen-bond acceptors (Lipinski definition) is 5. The Morgan fingerprint density at radius 3 is 2.28 bits per heavy atom. The van der Waals surface area contributed by atoms with Crippen LogP contribution in [0, 0.1) is 13.8 Å². The Balaban J connectivity index is 1.40. The highest BCUT2D eigenvalue weighted by molar-refractivity contribution is 7.92. The number of anilines is 3. The summed E-state index contributed by atoms with van der Waals surface area (Å²) < 4.78 is 69.1. The lowest BCUT2D eigenvalue weighted by Gasteiger charge is -2.17. The fourth-order valence-corrected chi connectivity index (χ4v) is 6.02. The number of benzene rings is 2. The molecule has 1 atom stereocenters. The van der Waals surface area contributed by atoms with E-state index in [0.717, 1.165) is 19.3 Å². The van der Waals surface area contributed by atoms with E-state index in [2.05, 4.69) is 27.6 Å². The summed E-state index contributed by atoms with van der Waals surface area (Å²) in [5.74, 6) is -5.86. The molecule has 0 saturated heterocycles. The number of nitrogens with zero attached hydrogens (tertiary/aromatic N) is 1. The molecule has 1 aromatic heterocycles. The number of carbonyl (C=O) groups excluding carboxylic acids is 2. The van der Waals surface area contributed by atoms with Crippen LogP contribution < -0.4 is 25.5 Å². The van der Waals surface area contributed by atoms with Crippen LogP contribution in [0.5, 0.6) is 0 Å². The van der Waals surface area contributed by atoms with Gasteiger partial charge in [-0.25, -0.2) is 12.8 Å². The van der Waals surface area contributed by atoms with E-state index in [1.54, 1.807) is 29.9 Å². The van der Waals surface area contributed by atoms with Crippen LogP contribution in [0.1, 0.15) is 41.9 Å². The summed E-state index contributed by atoms with van der Waals surface area (Å²) in [6, 6.07) is 12.4. The minimum Gasteiger partial charge on any atom is -0.320 e. The maximum Gasteiger partial charge on any atom is 0.353 e. The molecule has 0 aliphatic heterocycles. The van der Waals surface area contributed by atoms with E-state index in [9.17, 15) is 31.2 Å². The highest BCUT2D eigenvalue weighted by Gasteiger charge is 2.39.